The van der Waals surface area contributed by atoms with E-state index in [2.05, 4.69) is 9.88 Å². The van der Waals surface area contributed by atoms with Crippen LogP contribution in [0.4, 0.5) is 11.4 Å². The van der Waals surface area contributed by atoms with E-state index in [-0.39, 0.29) is 5.56 Å². The highest BCUT2D eigenvalue weighted by Gasteiger charge is 2.15. The Morgan fingerprint density at radius 2 is 1.89 bits per heavy atom. The summed E-state index contributed by atoms with van der Waals surface area (Å²) in [6.07, 6.45) is 1.83. The van der Waals surface area contributed by atoms with E-state index in [4.69, 9.17) is 14.6 Å². The van der Waals surface area contributed by atoms with Crippen molar-refractivity contribution in [2.45, 2.75) is 13.5 Å². The topological polar surface area (TPSA) is 71.9 Å². The van der Waals surface area contributed by atoms with Crippen molar-refractivity contribution < 1.29 is 19.4 Å². The monoisotopic (exact) mass is 384 g/mol. The lowest BCUT2D eigenvalue weighted by molar-refractivity contribution is 0.0697. The summed E-state index contributed by atoms with van der Waals surface area (Å²) in [5.74, 6) is 0.382. The van der Waals surface area contributed by atoms with Gasteiger partial charge in [0, 0.05) is 28.5 Å². The lowest BCUT2D eigenvalue weighted by Gasteiger charge is -2.25. The van der Waals surface area contributed by atoms with Crippen molar-refractivity contribution in [3.05, 3.63) is 64.6 Å². The number of anilines is 2. The summed E-state index contributed by atoms with van der Waals surface area (Å²) in [5, 5.41) is 9.14. The molecule has 2 aromatic carbocycles. The van der Waals surface area contributed by atoms with Crippen LogP contribution in [0.2, 0.25) is 0 Å². The van der Waals surface area contributed by atoms with Gasteiger partial charge in [0.1, 0.15) is 0 Å². The van der Waals surface area contributed by atoms with Crippen LogP contribution >= 0.6 is 11.3 Å². The average Bonchev–Trinajstić information content (AvgIpc) is 3.20. The van der Waals surface area contributed by atoms with E-state index in [0.29, 0.717) is 24.7 Å². The van der Waals surface area contributed by atoms with Crippen molar-refractivity contribution in [2.24, 2.45) is 0 Å². The van der Waals surface area contributed by atoms with Gasteiger partial charge in [0.25, 0.3) is 0 Å². The molecule has 3 rings (SSSR count). The van der Waals surface area contributed by atoms with Crippen molar-refractivity contribution in [3.8, 4) is 11.5 Å². The Balaban J connectivity index is 2.01. The molecule has 1 N–H and O–H groups in total. The van der Waals surface area contributed by atoms with Gasteiger partial charge in [-0.1, -0.05) is 0 Å². The van der Waals surface area contributed by atoms with Crippen molar-refractivity contribution in [1.82, 2.24) is 4.98 Å². The van der Waals surface area contributed by atoms with Crippen molar-refractivity contribution in [2.75, 3.05) is 18.6 Å². The van der Waals surface area contributed by atoms with E-state index in [1.807, 2.05) is 31.3 Å². The molecule has 1 heterocycles. The minimum Gasteiger partial charge on any atom is -0.493 e. The molecule has 0 atom stereocenters. The fourth-order valence-electron chi connectivity index (χ4n) is 2.69. The van der Waals surface area contributed by atoms with E-state index in [1.165, 1.54) is 0 Å². The molecule has 0 saturated carbocycles. The van der Waals surface area contributed by atoms with Crippen LogP contribution in [0.1, 0.15) is 22.2 Å². The number of methoxy groups -OCH3 is 1. The third kappa shape index (κ3) is 4.38. The van der Waals surface area contributed by atoms with Gasteiger partial charge >= 0.3 is 5.97 Å². The molecule has 3 aromatic rings. The summed E-state index contributed by atoms with van der Waals surface area (Å²) in [4.78, 5) is 18.5. The second-order valence-corrected chi connectivity index (χ2v) is 6.64. The summed E-state index contributed by atoms with van der Waals surface area (Å²) in [6.45, 7) is 3.06. The van der Waals surface area contributed by atoms with Gasteiger partial charge in [-0.3, -0.25) is 4.98 Å². The average molecular weight is 384 g/mol. The maximum Gasteiger partial charge on any atom is 0.335 e. The molecule has 0 aliphatic heterocycles. The predicted molar refractivity (Wildman–Crippen MR) is 106 cm³/mol. The van der Waals surface area contributed by atoms with Gasteiger partial charge in [-0.25, -0.2) is 4.79 Å². The van der Waals surface area contributed by atoms with E-state index < -0.39 is 5.97 Å². The highest BCUT2D eigenvalue weighted by Crippen LogP contribution is 2.36. The number of carbonyl (C=O) groups is 1. The van der Waals surface area contributed by atoms with Crippen molar-refractivity contribution >= 4 is 28.7 Å². The smallest absolute Gasteiger partial charge is 0.335 e. The Kier molecular flexibility index (Phi) is 5.93. The Hall–Kier alpha value is -3.06. The molecule has 1 aromatic heterocycles. The second-order valence-electron chi connectivity index (χ2n) is 5.67. The van der Waals surface area contributed by atoms with Crippen LogP contribution in [-0.4, -0.2) is 29.8 Å². The Morgan fingerprint density at radius 3 is 2.48 bits per heavy atom. The van der Waals surface area contributed by atoms with Crippen molar-refractivity contribution in [3.63, 3.8) is 0 Å². The summed E-state index contributed by atoms with van der Waals surface area (Å²) in [5.41, 5.74) is 3.83. The van der Waals surface area contributed by atoms with E-state index in [0.717, 1.165) is 16.3 Å². The van der Waals surface area contributed by atoms with Gasteiger partial charge in [0.15, 0.2) is 11.5 Å². The Labute approximate surface area is 161 Å². The largest absolute Gasteiger partial charge is 0.493 e. The minimum absolute atomic E-state index is 0.251. The number of aromatic nitrogens is 1. The first-order chi connectivity index (χ1) is 13.1. The molecule has 0 unspecified atom stereocenters. The maximum absolute atomic E-state index is 11.1. The number of ether oxygens (including phenoxy) is 2. The first kappa shape index (κ1) is 18.7. The molecule has 27 heavy (non-hydrogen) atoms. The number of carboxylic acids is 1. The van der Waals surface area contributed by atoms with Crippen LogP contribution in [0.3, 0.4) is 0 Å². The van der Waals surface area contributed by atoms with Crippen LogP contribution < -0.4 is 14.4 Å². The first-order valence-electron chi connectivity index (χ1n) is 8.41. The number of rotatable bonds is 8. The fraction of sp³-hybridized carbons (Fsp3) is 0.200. The highest BCUT2D eigenvalue weighted by atomic mass is 32.1. The maximum atomic E-state index is 11.1. The third-order valence-corrected chi connectivity index (χ3v) is 4.75. The molecule has 0 spiro atoms. The van der Waals surface area contributed by atoms with Gasteiger partial charge in [-0.15, -0.1) is 11.3 Å². The third-order valence-electron chi connectivity index (χ3n) is 3.98. The Morgan fingerprint density at radius 1 is 1.15 bits per heavy atom. The van der Waals surface area contributed by atoms with Crippen LogP contribution in [-0.2, 0) is 6.54 Å². The number of thiazole rings is 1. The van der Waals surface area contributed by atoms with Gasteiger partial charge in [0.05, 0.1) is 31.3 Å². The predicted octanol–water partition coefficient (Wildman–Crippen LogP) is 4.59. The van der Waals surface area contributed by atoms with Crippen LogP contribution in [0.25, 0.3) is 0 Å². The zero-order valence-corrected chi connectivity index (χ0v) is 15.9. The zero-order chi connectivity index (χ0) is 19.2. The molecular weight excluding hydrogens is 364 g/mol. The molecule has 0 aliphatic rings. The van der Waals surface area contributed by atoms with Gasteiger partial charge in [0.2, 0.25) is 0 Å². The van der Waals surface area contributed by atoms with Gasteiger partial charge in [-0.05, 0) is 43.3 Å². The SMILES string of the molecule is CCOc1cc(N(Cc2cncs2)c2ccc(C(=O)O)cc2)ccc1OC. The number of aromatic carboxylic acids is 1. The normalized spacial score (nSPS) is 10.4. The van der Waals surface area contributed by atoms with Crippen molar-refractivity contribution in [1.29, 1.82) is 0 Å². The first-order valence-corrected chi connectivity index (χ1v) is 9.29. The van der Waals surface area contributed by atoms with Gasteiger partial charge in [-0.2, -0.15) is 0 Å². The van der Waals surface area contributed by atoms with Crippen LogP contribution in [0.15, 0.2) is 54.2 Å². The molecule has 0 bridgehead atoms. The molecular formula is C20H20N2O4S. The number of carboxylic acid groups (broad SMARTS) is 1. The highest BCUT2D eigenvalue weighted by molar-refractivity contribution is 7.09. The number of nitrogens with zero attached hydrogens (tertiary/aromatic N) is 2. The molecule has 0 fully saturated rings. The molecule has 7 heteroatoms. The number of hydrogen-bond donors (Lipinski definition) is 1. The Bertz CT molecular complexity index is 895. The molecule has 0 aliphatic carbocycles. The van der Waals surface area contributed by atoms with E-state index >= 15 is 0 Å². The van der Waals surface area contributed by atoms with Gasteiger partial charge < -0.3 is 19.5 Å². The fourth-order valence-corrected chi connectivity index (χ4v) is 3.28. The van der Waals surface area contributed by atoms with Crippen LogP contribution in [0, 0.1) is 0 Å². The summed E-state index contributed by atoms with van der Waals surface area (Å²) in [6, 6.07) is 12.5. The lowest BCUT2D eigenvalue weighted by atomic mass is 10.1. The molecule has 140 valence electrons. The zero-order valence-electron chi connectivity index (χ0n) is 15.1. The quantitative estimate of drug-likeness (QED) is 0.613. The standard InChI is InChI=1S/C20H20N2O4S/c1-3-26-19-10-16(8-9-18(19)25-2)22(12-17-11-21-13-27-17)15-6-4-14(5-7-15)20(23)24/h4-11,13H,3,12H2,1-2H3,(H,23,24). The molecule has 0 radical (unpaired) electrons. The molecule has 0 amide bonds. The lowest BCUT2D eigenvalue weighted by Crippen LogP contribution is -2.16. The summed E-state index contributed by atoms with van der Waals surface area (Å²) < 4.78 is 11.1. The van der Waals surface area contributed by atoms with E-state index in [1.54, 1.807) is 48.2 Å². The number of benzene rings is 2. The van der Waals surface area contributed by atoms with E-state index in [9.17, 15) is 4.79 Å². The molecule has 0 saturated heterocycles. The summed E-state index contributed by atoms with van der Waals surface area (Å²) in [7, 11) is 1.61. The summed E-state index contributed by atoms with van der Waals surface area (Å²) >= 11 is 1.57. The minimum atomic E-state index is -0.946. The van der Waals surface area contributed by atoms with Crippen LogP contribution in [0.5, 0.6) is 11.5 Å². The number of hydrogen-bond acceptors (Lipinski definition) is 6. The molecule has 6 nitrogen and oxygen atoms in total. The second kappa shape index (κ2) is 8.55.